The fraction of sp³-hybridized carbons (Fsp3) is 0.471. The van der Waals surface area contributed by atoms with E-state index in [9.17, 15) is 14.9 Å². The number of carbonyl (C=O) groups is 1. The van der Waals surface area contributed by atoms with E-state index in [1.165, 1.54) is 24.6 Å². The lowest BCUT2D eigenvalue weighted by atomic mass is 9.95. The smallest absolute Gasteiger partial charge is 0.270 e. The van der Waals surface area contributed by atoms with Gasteiger partial charge in [0.2, 0.25) is 5.91 Å². The Labute approximate surface area is 139 Å². The molecule has 0 atom stereocenters. The lowest BCUT2D eigenvalue weighted by molar-refractivity contribution is -0.385. The summed E-state index contributed by atoms with van der Waals surface area (Å²) in [4.78, 5) is 22.7. The minimum absolute atomic E-state index is 0.0461. The number of hydrogen-bond acceptors (Lipinski definition) is 5. The van der Waals surface area contributed by atoms with Gasteiger partial charge in [-0.25, -0.2) is 0 Å². The Kier molecular flexibility index (Phi) is 5.10. The zero-order valence-corrected chi connectivity index (χ0v) is 13.3. The maximum absolute atomic E-state index is 12.1. The summed E-state index contributed by atoms with van der Waals surface area (Å²) >= 11 is 0. The van der Waals surface area contributed by atoms with Crippen molar-refractivity contribution in [2.75, 3.05) is 6.79 Å². The van der Waals surface area contributed by atoms with Gasteiger partial charge in [-0.1, -0.05) is 19.3 Å². The van der Waals surface area contributed by atoms with Crippen molar-refractivity contribution < 1.29 is 19.2 Å². The largest absolute Gasteiger partial charge is 0.467 e. The Morgan fingerprint density at radius 2 is 2.08 bits per heavy atom. The van der Waals surface area contributed by atoms with Gasteiger partial charge in [-0.3, -0.25) is 14.9 Å². The molecule has 0 saturated heterocycles. The fourth-order valence-electron chi connectivity index (χ4n) is 3.12. The minimum atomic E-state index is -0.464. The standard InChI is InChI=1S/C17H20N2O5/c20-16(18-14-4-2-1-3-5-14)7-6-12-8-15(19(21)22)9-13-10-23-11-24-17(12)13/h6-9,14H,1-5,10-11H2,(H,18,20). The molecule has 1 aromatic rings. The molecule has 1 heterocycles. The predicted molar refractivity (Wildman–Crippen MR) is 87.4 cm³/mol. The highest BCUT2D eigenvalue weighted by Gasteiger charge is 2.20. The van der Waals surface area contributed by atoms with Crippen LogP contribution in [0.5, 0.6) is 5.75 Å². The summed E-state index contributed by atoms with van der Waals surface area (Å²) in [5, 5.41) is 14.0. The van der Waals surface area contributed by atoms with Crippen LogP contribution in [0, 0.1) is 10.1 Å². The topological polar surface area (TPSA) is 90.7 Å². The van der Waals surface area contributed by atoms with Crippen molar-refractivity contribution in [1.29, 1.82) is 0 Å². The average molecular weight is 332 g/mol. The van der Waals surface area contributed by atoms with E-state index in [-0.39, 0.29) is 31.0 Å². The number of hydrogen-bond donors (Lipinski definition) is 1. The summed E-state index contributed by atoms with van der Waals surface area (Å²) < 4.78 is 10.6. The van der Waals surface area contributed by atoms with Crippen molar-refractivity contribution in [2.45, 2.75) is 44.8 Å². The Hall–Kier alpha value is -2.41. The zero-order valence-electron chi connectivity index (χ0n) is 13.3. The monoisotopic (exact) mass is 332 g/mol. The highest BCUT2D eigenvalue weighted by Crippen LogP contribution is 2.33. The normalized spacial score (nSPS) is 18.0. The lowest BCUT2D eigenvalue weighted by Crippen LogP contribution is -2.34. The quantitative estimate of drug-likeness (QED) is 0.520. The van der Waals surface area contributed by atoms with Gasteiger partial charge in [0.1, 0.15) is 5.75 Å². The van der Waals surface area contributed by atoms with Gasteiger partial charge < -0.3 is 14.8 Å². The number of nitrogens with one attached hydrogen (secondary N) is 1. The van der Waals surface area contributed by atoms with E-state index in [4.69, 9.17) is 9.47 Å². The molecule has 0 radical (unpaired) electrons. The van der Waals surface area contributed by atoms with Crippen LogP contribution in [0.25, 0.3) is 6.08 Å². The van der Waals surface area contributed by atoms with Crippen LogP contribution in [0.2, 0.25) is 0 Å². The second-order valence-electron chi connectivity index (χ2n) is 6.07. The van der Waals surface area contributed by atoms with Crippen LogP contribution in [0.3, 0.4) is 0 Å². The molecule has 1 fully saturated rings. The van der Waals surface area contributed by atoms with Crippen LogP contribution in [0.4, 0.5) is 5.69 Å². The highest BCUT2D eigenvalue weighted by molar-refractivity contribution is 5.92. The summed E-state index contributed by atoms with van der Waals surface area (Å²) in [5.41, 5.74) is 1.08. The van der Waals surface area contributed by atoms with E-state index < -0.39 is 4.92 Å². The molecule has 0 aromatic heterocycles. The summed E-state index contributed by atoms with van der Waals surface area (Å²) in [7, 11) is 0. The molecule has 1 amide bonds. The van der Waals surface area contributed by atoms with Crippen molar-refractivity contribution in [3.05, 3.63) is 39.4 Å². The van der Waals surface area contributed by atoms with E-state index in [1.807, 2.05) is 0 Å². The number of fused-ring (bicyclic) bond motifs is 1. The van der Waals surface area contributed by atoms with Crippen LogP contribution < -0.4 is 10.1 Å². The maximum atomic E-state index is 12.1. The molecule has 0 bridgehead atoms. The number of nitro groups is 1. The van der Waals surface area contributed by atoms with Gasteiger partial charge in [0.25, 0.3) is 5.69 Å². The number of carbonyl (C=O) groups excluding carboxylic acids is 1. The highest BCUT2D eigenvalue weighted by atomic mass is 16.7. The Morgan fingerprint density at radius 1 is 1.29 bits per heavy atom. The number of nitrogens with zero attached hydrogens (tertiary/aromatic N) is 1. The van der Waals surface area contributed by atoms with E-state index in [0.717, 1.165) is 25.7 Å². The minimum Gasteiger partial charge on any atom is -0.467 e. The summed E-state index contributed by atoms with van der Waals surface area (Å²) in [6.07, 6.45) is 8.49. The van der Waals surface area contributed by atoms with E-state index >= 15 is 0 Å². The fourth-order valence-corrected chi connectivity index (χ4v) is 3.12. The molecule has 0 spiro atoms. The van der Waals surface area contributed by atoms with E-state index in [0.29, 0.717) is 16.9 Å². The van der Waals surface area contributed by atoms with Gasteiger partial charge >= 0.3 is 0 Å². The molecule has 1 aromatic carbocycles. The van der Waals surface area contributed by atoms with Gasteiger partial charge in [-0.2, -0.15) is 0 Å². The average Bonchev–Trinajstić information content (AvgIpc) is 2.60. The molecule has 1 N–H and O–H groups in total. The third kappa shape index (κ3) is 3.91. The molecule has 128 valence electrons. The third-order valence-electron chi connectivity index (χ3n) is 4.30. The molecule has 1 saturated carbocycles. The first kappa shape index (κ1) is 16.4. The van der Waals surface area contributed by atoms with E-state index in [2.05, 4.69) is 5.32 Å². The van der Waals surface area contributed by atoms with Crippen LogP contribution in [0.1, 0.15) is 43.2 Å². The van der Waals surface area contributed by atoms with Crippen molar-refractivity contribution in [1.82, 2.24) is 5.32 Å². The molecular weight excluding hydrogens is 312 g/mol. The number of non-ortho nitro benzene ring substituents is 1. The van der Waals surface area contributed by atoms with Crippen molar-refractivity contribution >= 4 is 17.7 Å². The third-order valence-corrected chi connectivity index (χ3v) is 4.30. The first-order chi connectivity index (χ1) is 11.6. The van der Waals surface area contributed by atoms with Gasteiger partial charge in [-0.05, 0) is 18.9 Å². The van der Waals surface area contributed by atoms with Gasteiger partial charge in [-0.15, -0.1) is 0 Å². The summed E-state index contributed by atoms with van der Waals surface area (Å²) in [6.45, 7) is 0.353. The molecule has 1 aliphatic carbocycles. The molecule has 3 rings (SSSR count). The van der Waals surface area contributed by atoms with Crippen LogP contribution in [-0.2, 0) is 16.1 Å². The first-order valence-electron chi connectivity index (χ1n) is 8.14. The SMILES string of the molecule is O=C(C=Cc1cc([N+](=O)[O-])cc2c1OCOC2)NC1CCCCC1. The Bertz CT molecular complexity index is 665. The molecule has 24 heavy (non-hydrogen) atoms. The van der Waals surface area contributed by atoms with Gasteiger partial charge in [0, 0.05) is 35.4 Å². The van der Waals surface area contributed by atoms with Crippen molar-refractivity contribution in [2.24, 2.45) is 0 Å². The van der Waals surface area contributed by atoms with E-state index in [1.54, 1.807) is 6.08 Å². The lowest BCUT2D eigenvalue weighted by Gasteiger charge is -2.22. The zero-order chi connectivity index (χ0) is 16.9. The number of nitro benzene ring substituents is 1. The van der Waals surface area contributed by atoms with Crippen LogP contribution >= 0.6 is 0 Å². The number of ether oxygens (including phenoxy) is 2. The number of amides is 1. The van der Waals surface area contributed by atoms with Gasteiger partial charge in [0.15, 0.2) is 6.79 Å². The number of benzene rings is 1. The molecule has 7 nitrogen and oxygen atoms in total. The Balaban J connectivity index is 1.76. The van der Waals surface area contributed by atoms with Gasteiger partial charge in [0.05, 0.1) is 11.5 Å². The van der Waals surface area contributed by atoms with Crippen LogP contribution in [-0.4, -0.2) is 23.7 Å². The second kappa shape index (κ2) is 7.44. The first-order valence-corrected chi connectivity index (χ1v) is 8.14. The second-order valence-corrected chi connectivity index (χ2v) is 6.07. The number of rotatable bonds is 4. The maximum Gasteiger partial charge on any atom is 0.270 e. The van der Waals surface area contributed by atoms with Crippen molar-refractivity contribution in [3.8, 4) is 5.75 Å². The predicted octanol–water partition coefficient (Wildman–Crippen LogP) is 2.92. The Morgan fingerprint density at radius 3 is 2.83 bits per heavy atom. The molecule has 0 unspecified atom stereocenters. The van der Waals surface area contributed by atoms with Crippen LogP contribution in [0.15, 0.2) is 18.2 Å². The molecule has 2 aliphatic rings. The molecule has 7 heteroatoms. The molecular formula is C17H20N2O5. The summed E-state index contributed by atoms with van der Waals surface area (Å²) in [6, 6.07) is 3.07. The van der Waals surface area contributed by atoms with Crippen molar-refractivity contribution in [3.63, 3.8) is 0 Å². The molecule has 1 aliphatic heterocycles. The summed E-state index contributed by atoms with van der Waals surface area (Å²) in [5.74, 6) is 0.350.